The SMILES string of the molecule is CC1(S(=O)(=O)Cl)C=CC=C(C(=O)O)C=C1. The van der Waals surface area contributed by atoms with E-state index in [0.29, 0.717) is 0 Å². The second kappa shape index (κ2) is 3.83. The number of carbonyl (C=O) groups is 1. The number of carboxylic acids is 1. The fraction of sp³-hybridized carbons (Fsp3) is 0.222. The molecule has 1 atom stereocenters. The molecule has 1 rings (SSSR count). The maximum Gasteiger partial charge on any atom is 0.335 e. The molecule has 1 N–H and O–H groups in total. The van der Waals surface area contributed by atoms with Gasteiger partial charge in [0.15, 0.2) is 0 Å². The van der Waals surface area contributed by atoms with E-state index in [-0.39, 0.29) is 5.57 Å². The van der Waals surface area contributed by atoms with Gasteiger partial charge in [-0.25, -0.2) is 13.2 Å². The Morgan fingerprint density at radius 3 is 2.53 bits per heavy atom. The molecule has 0 saturated heterocycles. The fourth-order valence-electron chi connectivity index (χ4n) is 1.01. The molecule has 0 saturated carbocycles. The van der Waals surface area contributed by atoms with Gasteiger partial charge in [-0.3, -0.25) is 0 Å². The molecule has 0 amide bonds. The van der Waals surface area contributed by atoms with Gasteiger partial charge in [-0.1, -0.05) is 18.2 Å². The van der Waals surface area contributed by atoms with Gasteiger partial charge in [0.2, 0.25) is 9.05 Å². The zero-order valence-corrected chi connectivity index (χ0v) is 9.42. The maximum absolute atomic E-state index is 11.2. The van der Waals surface area contributed by atoms with E-state index in [1.807, 2.05) is 0 Å². The molecular formula is C9H9ClO4S. The van der Waals surface area contributed by atoms with Gasteiger partial charge >= 0.3 is 5.97 Å². The van der Waals surface area contributed by atoms with E-state index >= 15 is 0 Å². The minimum absolute atomic E-state index is 0.00953. The van der Waals surface area contributed by atoms with Crippen molar-refractivity contribution in [1.82, 2.24) is 0 Å². The molecule has 0 aromatic heterocycles. The summed E-state index contributed by atoms with van der Waals surface area (Å²) in [4.78, 5) is 10.6. The summed E-state index contributed by atoms with van der Waals surface area (Å²) >= 11 is 0. The minimum atomic E-state index is -3.83. The molecule has 0 aromatic rings. The van der Waals surface area contributed by atoms with Crippen LogP contribution >= 0.6 is 10.7 Å². The summed E-state index contributed by atoms with van der Waals surface area (Å²) in [5.41, 5.74) is 0.00953. The quantitative estimate of drug-likeness (QED) is 0.751. The van der Waals surface area contributed by atoms with E-state index in [4.69, 9.17) is 15.8 Å². The van der Waals surface area contributed by atoms with Crippen molar-refractivity contribution in [2.75, 3.05) is 0 Å². The largest absolute Gasteiger partial charge is 0.478 e. The average molecular weight is 249 g/mol. The monoisotopic (exact) mass is 248 g/mol. The number of hydrogen-bond acceptors (Lipinski definition) is 3. The lowest BCUT2D eigenvalue weighted by atomic mass is 10.1. The molecule has 6 heteroatoms. The number of hydrogen-bond donors (Lipinski definition) is 1. The highest BCUT2D eigenvalue weighted by Crippen LogP contribution is 2.27. The topological polar surface area (TPSA) is 71.4 Å². The number of aliphatic carboxylic acids is 1. The molecule has 1 aliphatic rings. The Kier molecular flexibility index (Phi) is 3.06. The first-order chi connectivity index (χ1) is 6.76. The molecule has 4 nitrogen and oxygen atoms in total. The van der Waals surface area contributed by atoms with Gasteiger partial charge in [-0.15, -0.1) is 0 Å². The van der Waals surface area contributed by atoms with Gasteiger partial charge < -0.3 is 5.11 Å². The first-order valence-corrected chi connectivity index (χ1v) is 6.33. The van der Waals surface area contributed by atoms with Crippen LogP contribution < -0.4 is 0 Å². The second-order valence-electron chi connectivity index (χ2n) is 3.24. The van der Waals surface area contributed by atoms with Crippen LogP contribution in [0.5, 0.6) is 0 Å². The minimum Gasteiger partial charge on any atom is -0.478 e. The van der Waals surface area contributed by atoms with E-state index in [2.05, 4.69) is 0 Å². The molecule has 1 aliphatic carbocycles. The average Bonchev–Trinajstić information content (AvgIpc) is 2.26. The summed E-state index contributed by atoms with van der Waals surface area (Å²) in [5, 5.41) is 8.70. The third-order valence-electron chi connectivity index (χ3n) is 2.07. The number of carboxylic acid groups (broad SMARTS) is 1. The van der Waals surface area contributed by atoms with Crippen molar-refractivity contribution in [3.63, 3.8) is 0 Å². The third kappa shape index (κ3) is 2.49. The molecule has 1 unspecified atom stereocenters. The Morgan fingerprint density at radius 1 is 1.47 bits per heavy atom. The summed E-state index contributed by atoms with van der Waals surface area (Å²) < 4.78 is 21.1. The Hall–Kier alpha value is -1.07. The van der Waals surface area contributed by atoms with E-state index in [1.54, 1.807) is 0 Å². The van der Waals surface area contributed by atoms with Crippen LogP contribution in [0.4, 0.5) is 0 Å². The molecule has 0 aliphatic heterocycles. The van der Waals surface area contributed by atoms with Crippen molar-refractivity contribution in [2.24, 2.45) is 0 Å². The van der Waals surface area contributed by atoms with Crippen molar-refractivity contribution in [3.05, 3.63) is 36.0 Å². The van der Waals surface area contributed by atoms with Crippen LogP contribution in [0, 0.1) is 0 Å². The number of allylic oxidation sites excluding steroid dienone is 2. The third-order valence-corrected chi connectivity index (χ3v) is 4.39. The Morgan fingerprint density at radius 2 is 2.07 bits per heavy atom. The highest BCUT2D eigenvalue weighted by molar-refractivity contribution is 8.15. The van der Waals surface area contributed by atoms with Crippen molar-refractivity contribution in [3.8, 4) is 0 Å². The molecule has 0 fully saturated rings. The zero-order valence-electron chi connectivity index (χ0n) is 7.84. The van der Waals surface area contributed by atoms with Crippen LogP contribution in [0.15, 0.2) is 36.0 Å². The number of halogens is 1. The molecule has 0 radical (unpaired) electrons. The van der Waals surface area contributed by atoms with E-state index in [1.165, 1.54) is 37.3 Å². The zero-order chi connectivity index (χ0) is 11.7. The highest BCUT2D eigenvalue weighted by atomic mass is 35.7. The van der Waals surface area contributed by atoms with Crippen LogP contribution in [-0.2, 0) is 13.8 Å². The molecule has 0 aromatic carbocycles. The van der Waals surface area contributed by atoms with Crippen molar-refractivity contribution in [2.45, 2.75) is 11.7 Å². The van der Waals surface area contributed by atoms with Crippen molar-refractivity contribution < 1.29 is 18.3 Å². The summed E-state index contributed by atoms with van der Waals surface area (Å²) in [6, 6.07) is 0. The first kappa shape index (κ1) is 12.0. The van der Waals surface area contributed by atoms with Crippen LogP contribution in [0.2, 0.25) is 0 Å². The Bertz CT molecular complexity index is 472. The fourth-order valence-corrected chi connectivity index (χ4v) is 1.79. The van der Waals surface area contributed by atoms with Crippen molar-refractivity contribution >= 4 is 25.7 Å². The lowest BCUT2D eigenvalue weighted by molar-refractivity contribution is -0.132. The number of rotatable bonds is 2. The van der Waals surface area contributed by atoms with Gasteiger partial charge in [0.25, 0.3) is 0 Å². The normalized spacial score (nSPS) is 25.9. The molecule has 0 bridgehead atoms. The van der Waals surface area contributed by atoms with Gasteiger partial charge in [0.05, 0.1) is 5.57 Å². The summed E-state index contributed by atoms with van der Waals surface area (Å²) in [6.07, 6.45) is 6.48. The Balaban J connectivity index is 3.18. The highest BCUT2D eigenvalue weighted by Gasteiger charge is 2.33. The van der Waals surface area contributed by atoms with Crippen molar-refractivity contribution in [1.29, 1.82) is 0 Å². The standard InChI is InChI=1S/C9H9ClO4S/c1-9(15(10,13)14)5-2-3-7(4-6-9)8(11)12/h2-6H,1H3,(H,11,12). The van der Waals surface area contributed by atoms with Crippen LogP contribution in [0.3, 0.4) is 0 Å². The van der Waals surface area contributed by atoms with Gasteiger partial charge in [-0.2, -0.15) is 0 Å². The van der Waals surface area contributed by atoms with Crippen LogP contribution in [-0.4, -0.2) is 24.2 Å². The van der Waals surface area contributed by atoms with Gasteiger partial charge in [0, 0.05) is 10.7 Å². The molecular weight excluding hydrogens is 240 g/mol. The second-order valence-corrected chi connectivity index (χ2v) is 6.22. The molecule has 82 valence electrons. The lowest BCUT2D eigenvalue weighted by Crippen LogP contribution is -2.26. The van der Waals surface area contributed by atoms with Crippen LogP contribution in [0.1, 0.15) is 6.92 Å². The van der Waals surface area contributed by atoms with Gasteiger partial charge in [0.1, 0.15) is 4.75 Å². The van der Waals surface area contributed by atoms with Crippen LogP contribution in [0.25, 0.3) is 0 Å². The molecule has 0 spiro atoms. The smallest absolute Gasteiger partial charge is 0.335 e. The predicted molar refractivity (Wildman–Crippen MR) is 57.2 cm³/mol. The van der Waals surface area contributed by atoms with E-state index in [0.717, 1.165) is 0 Å². The molecule has 15 heavy (non-hydrogen) atoms. The first-order valence-electron chi connectivity index (χ1n) is 4.02. The predicted octanol–water partition coefficient (Wildman–Crippen LogP) is 1.45. The summed E-state index contributed by atoms with van der Waals surface area (Å²) in [7, 11) is 1.43. The summed E-state index contributed by atoms with van der Waals surface area (Å²) in [6.45, 7) is 1.39. The van der Waals surface area contributed by atoms with Gasteiger partial charge in [-0.05, 0) is 19.1 Å². The van der Waals surface area contributed by atoms with E-state index < -0.39 is 19.8 Å². The Labute approximate surface area is 92.0 Å². The van der Waals surface area contributed by atoms with E-state index in [9.17, 15) is 13.2 Å². The molecule has 0 heterocycles. The maximum atomic E-state index is 11.2. The lowest BCUT2D eigenvalue weighted by Gasteiger charge is -2.16. The summed E-state index contributed by atoms with van der Waals surface area (Å²) in [5.74, 6) is -1.12.